The number of aliphatic hydroxyl groups excluding tert-OH is 1. The maximum atomic E-state index is 12.2. The number of piperazine rings is 1. The molecule has 1 aliphatic carbocycles. The van der Waals surface area contributed by atoms with E-state index in [0.717, 1.165) is 25.9 Å². The minimum absolute atomic E-state index is 0.0252. The Kier molecular flexibility index (Phi) is 5.81. The Morgan fingerprint density at radius 1 is 1.14 bits per heavy atom. The van der Waals surface area contributed by atoms with Crippen LogP contribution in [0.4, 0.5) is 4.79 Å². The van der Waals surface area contributed by atoms with Crippen molar-refractivity contribution in [1.82, 2.24) is 15.1 Å². The average molecular weight is 299 g/mol. The Balaban J connectivity index is 1.75. The Morgan fingerprint density at radius 3 is 2.48 bits per heavy atom. The number of β-amino-alcohol motifs (C(OH)–C–C–N with tert-alkyl or cyclic N) is 1. The zero-order chi connectivity index (χ0) is 15.2. The first-order valence-electron chi connectivity index (χ1n) is 7.71. The fraction of sp³-hybridized carbons (Fsp3) is 0.857. The summed E-state index contributed by atoms with van der Waals surface area (Å²) in [6, 6.07) is -0.113. The van der Waals surface area contributed by atoms with Crippen molar-refractivity contribution >= 4 is 12.0 Å². The lowest BCUT2D eigenvalue weighted by molar-refractivity contribution is -0.143. The molecule has 2 fully saturated rings. The van der Waals surface area contributed by atoms with E-state index in [4.69, 9.17) is 10.2 Å². The largest absolute Gasteiger partial charge is 0.481 e. The summed E-state index contributed by atoms with van der Waals surface area (Å²) in [5.41, 5.74) is 0. The number of aliphatic carboxylic acids is 1. The molecular formula is C14H25N3O4. The monoisotopic (exact) mass is 299 g/mol. The van der Waals surface area contributed by atoms with Gasteiger partial charge in [0.2, 0.25) is 0 Å². The second-order valence-corrected chi connectivity index (χ2v) is 5.90. The predicted molar refractivity (Wildman–Crippen MR) is 77.0 cm³/mol. The second kappa shape index (κ2) is 7.61. The molecule has 2 unspecified atom stereocenters. The Morgan fingerprint density at radius 2 is 1.86 bits per heavy atom. The van der Waals surface area contributed by atoms with Crippen LogP contribution in [0.2, 0.25) is 0 Å². The van der Waals surface area contributed by atoms with Gasteiger partial charge in [0.1, 0.15) is 0 Å². The van der Waals surface area contributed by atoms with Crippen LogP contribution in [0.25, 0.3) is 0 Å². The van der Waals surface area contributed by atoms with Gasteiger partial charge in [0.15, 0.2) is 0 Å². The first-order chi connectivity index (χ1) is 10.1. The van der Waals surface area contributed by atoms with Crippen molar-refractivity contribution in [2.75, 3.05) is 39.3 Å². The molecule has 7 nitrogen and oxygen atoms in total. The molecule has 120 valence electrons. The third kappa shape index (κ3) is 4.57. The van der Waals surface area contributed by atoms with Crippen molar-refractivity contribution in [2.24, 2.45) is 5.92 Å². The van der Waals surface area contributed by atoms with Crippen molar-refractivity contribution in [2.45, 2.75) is 31.7 Å². The van der Waals surface area contributed by atoms with Gasteiger partial charge in [-0.15, -0.1) is 0 Å². The summed E-state index contributed by atoms with van der Waals surface area (Å²) >= 11 is 0. The maximum absolute atomic E-state index is 12.2. The van der Waals surface area contributed by atoms with Crippen LogP contribution in [-0.4, -0.2) is 77.4 Å². The summed E-state index contributed by atoms with van der Waals surface area (Å²) in [5, 5.41) is 20.9. The number of nitrogens with one attached hydrogen (secondary N) is 1. The minimum Gasteiger partial charge on any atom is -0.481 e. The molecule has 0 aromatic heterocycles. The van der Waals surface area contributed by atoms with E-state index in [1.807, 2.05) is 0 Å². The molecule has 0 spiro atoms. The second-order valence-electron chi connectivity index (χ2n) is 5.90. The Bertz CT molecular complexity index is 369. The van der Waals surface area contributed by atoms with Crippen LogP contribution < -0.4 is 5.32 Å². The van der Waals surface area contributed by atoms with Gasteiger partial charge in [-0.2, -0.15) is 0 Å². The van der Waals surface area contributed by atoms with Crippen molar-refractivity contribution in [3.63, 3.8) is 0 Å². The van der Waals surface area contributed by atoms with E-state index < -0.39 is 5.97 Å². The van der Waals surface area contributed by atoms with E-state index in [1.54, 1.807) is 4.90 Å². The first-order valence-corrected chi connectivity index (χ1v) is 7.71. The van der Waals surface area contributed by atoms with Crippen LogP contribution in [0.5, 0.6) is 0 Å². The van der Waals surface area contributed by atoms with Crippen molar-refractivity contribution in [3.05, 3.63) is 0 Å². The van der Waals surface area contributed by atoms with E-state index >= 15 is 0 Å². The number of aliphatic hydroxyl groups is 1. The molecule has 2 atom stereocenters. The van der Waals surface area contributed by atoms with Crippen LogP contribution in [0.1, 0.15) is 25.7 Å². The molecule has 0 bridgehead atoms. The van der Waals surface area contributed by atoms with E-state index in [9.17, 15) is 9.59 Å². The molecule has 7 heteroatoms. The number of nitrogens with zero attached hydrogens (tertiary/aromatic N) is 2. The Hall–Kier alpha value is -1.34. The van der Waals surface area contributed by atoms with Gasteiger partial charge in [-0.25, -0.2) is 4.79 Å². The number of hydrogen-bond donors (Lipinski definition) is 3. The summed E-state index contributed by atoms with van der Waals surface area (Å²) in [5.74, 6) is -1.09. The SMILES string of the molecule is O=C(O)C1CCCC(NC(=O)N2CCN(CCO)CC2)C1. The highest BCUT2D eigenvalue weighted by Crippen LogP contribution is 2.24. The molecule has 1 saturated heterocycles. The molecule has 2 rings (SSSR count). The highest BCUT2D eigenvalue weighted by molar-refractivity contribution is 5.75. The smallest absolute Gasteiger partial charge is 0.317 e. The number of urea groups is 1. The summed E-state index contributed by atoms with van der Waals surface area (Å²) < 4.78 is 0. The summed E-state index contributed by atoms with van der Waals surface area (Å²) in [4.78, 5) is 27.1. The van der Waals surface area contributed by atoms with Crippen molar-refractivity contribution in [3.8, 4) is 0 Å². The Labute approximate surface area is 124 Å². The number of carbonyl (C=O) groups is 2. The van der Waals surface area contributed by atoms with Crippen LogP contribution in [0.15, 0.2) is 0 Å². The molecule has 3 N–H and O–H groups in total. The fourth-order valence-electron chi connectivity index (χ4n) is 3.13. The van der Waals surface area contributed by atoms with Crippen molar-refractivity contribution in [1.29, 1.82) is 0 Å². The van der Waals surface area contributed by atoms with Gasteiger partial charge in [-0.1, -0.05) is 6.42 Å². The number of carboxylic acids is 1. The quantitative estimate of drug-likeness (QED) is 0.677. The topological polar surface area (TPSA) is 93.1 Å². The number of rotatable bonds is 4. The van der Waals surface area contributed by atoms with Gasteiger partial charge < -0.3 is 20.4 Å². The molecule has 1 heterocycles. The standard InChI is InChI=1S/C14H25N3O4/c18-9-8-16-4-6-17(7-5-16)14(21)15-12-3-1-2-11(10-12)13(19)20/h11-12,18H,1-10H2,(H,15,21)(H,19,20). The third-order valence-corrected chi connectivity index (χ3v) is 4.43. The fourth-order valence-corrected chi connectivity index (χ4v) is 3.13. The van der Waals surface area contributed by atoms with E-state index in [0.29, 0.717) is 32.5 Å². The zero-order valence-corrected chi connectivity index (χ0v) is 12.3. The highest BCUT2D eigenvalue weighted by atomic mass is 16.4. The molecule has 2 aliphatic rings. The molecule has 2 amide bonds. The molecular weight excluding hydrogens is 274 g/mol. The normalized spacial score (nSPS) is 27.4. The highest BCUT2D eigenvalue weighted by Gasteiger charge is 2.29. The lowest BCUT2D eigenvalue weighted by atomic mass is 9.86. The number of amides is 2. The van der Waals surface area contributed by atoms with Crippen LogP contribution >= 0.6 is 0 Å². The maximum Gasteiger partial charge on any atom is 0.317 e. The van der Waals surface area contributed by atoms with Gasteiger partial charge in [0.25, 0.3) is 0 Å². The third-order valence-electron chi connectivity index (χ3n) is 4.43. The number of carboxylic acid groups (broad SMARTS) is 1. The van der Waals surface area contributed by atoms with E-state index in [-0.39, 0.29) is 24.6 Å². The molecule has 0 radical (unpaired) electrons. The summed E-state index contributed by atoms with van der Waals surface area (Å²) in [6.45, 7) is 3.65. The van der Waals surface area contributed by atoms with E-state index in [1.165, 1.54) is 0 Å². The zero-order valence-electron chi connectivity index (χ0n) is 12.3. The molecule has 1 aliphatic heterocycles. The van der Waals surface area contributed by atoms with Crippen LogP contribution in [0.3, 0.4) is 0 Å². The predicted octanol–water partition coefficient (Wildman–Crippen LogP) is -0.0507. The van der Waals surface area contributed by atoms with Gasteiger partial charge in [-0.05, 0) is 19.3 Å². The number of carbonyl (C=O) groups excluding carboxylic acids is 1. The molecule has 0 aromatic carbocycles. The molecule has 21 heavy (non-hydrogen) atoms. The van der Waals surface area contributed by atoms with Gasteiger partial charge in [-0.3, -0.25) is 9.69 Å². The summed E-state index contributed by atoms with van der Waals surface area (Å²) in [6.07, 6.45) is 2.96. The molecule has 1 saturated carbocycles. The van der Waals surface area contributed by atoms with E-state index in [2.05, 4.69) is 10.2 Å². The van der Waals surface area contributed by atoms with Crippen molar-refractivity contribution < 1.29 is 19.8 Å². The minimum atomic E-state index is -0.758. The van der Waals surface area contributed by atoms with Gasteiger partial charge >= 0.3 is 12.0 Å². The van der Waals surface area contributed by atoms with Gasteiger partial charge in [0.05, 0.1) is 12.5 Å². The lowest BCUT2D eigenvalue weighted by Gasteiger charge is -2.36. The average Bonchev–Trinajstić information content (AvgIpc) is 2.48. The van der Waals surface area contributed by atoms with Crippen LogP contribution in [-0.2, 0) is 4.79 Å². The van der Waals surface area contributed by atoms with Crippen LogP contribution in [0, 0.1) is 5.92 Å². The first kappa shape index (κ1) is 16.0. The molecule has 0 aromatic rings. The van der Waals surface area contributed by atoms with Gasteiger partial charge in [0, 0.05) is 38.8 Å². The number of hydrogen-bond acceptors (Lipinski definition) is 4. The lowest BCUT2D eigenvalue weighted by Crippen LogP contribution is -2.54. The summed E-state index contributed by atoms with van der Waals surface area (Å²) in [7, 11) is 0.